The van der Waals surface area contributed by atoms with E-state index in [1.807, 2.05) is 34.7 Å². The summed E-state index contributed by atoms with van der Waals surface area (Å²) in [5.41, 5.74) is 3.17. The van der Waals surface area contributed by atoms with Gasteiger partial charge in [-0.2, -0.15) is 0 Å². The van der Waals surface area contributed by atoms with Crippen LogP contribution in [0.15, 0.2) is 60.0 Å². The van der Waals surface area contributed by atoms with Gasteiger partial charge in [-0.25, -0.2) is 9.97 Å². The fourth-order valence-corrected chi connectivity index (χ4v) is 5.75. The van der Waals surface area contributed by atoms with Crippen LogP contribution in [-0.2, 0) is 11.3 Å². The van der Waals surface area contributed by atoms with Crippen molar-refractivity contribution < 1.29 is 4.79 Å². The van der Waals surface area contributed by atoms with E-state index in [0.717, 1.165) is 39.6 Å². The molecule has 0 N–H and O–H groups in total. The number of nitrogens with zero attached hydrogens (tertiary/aromatic N) is 4. The summed E-state index contributed by atoms with van der Waals surface area (Å²) in [6, 6.07) is 12.2. The van der Waals surface area contributed by atoms with Gasteiger partial charge in [0, 0.05) is 47.6 Å². The second-order valence-electron chi connectivity index (χ2n) is 7.68. The van der Waals surface area contributed by atoms with E-state index in [9.17, 15) is 4.79 Å². The summed E-state index contributed by atoms with van der Waals surface area (Å²) in [6.45, 7) is 5.49. The Morgan fingerprint density at radius 3 is 2.78 bits per heavy atom. The molecule has 166 valence electrons. The average molecular weight is 485 g/mol. The zero-order valence-electron chi connectivity index (χ0n) is 18.1. The molecule has 0 radical (unpaired) electrons. The van der Waals surface area contributed by atoms with Crippen molar-refractivity contribution in [2.24, 2.45) is 0 Å². The van der Waals surface area contributed by atoms with Crippen LogP contribution < -0.4 is 4.90 Å². The quantitative estimate of drug-likeness (QED) is 0.259. The van der Waals surface area contributed by atoms with Crippen LogP contribution in [0.25, 0.3) is 10.2 Å². The van der Waals surface area contributed by atoms with E-state index in [4.69, 9.17) is 16.6 Å². The molecule has 4 rings (SSSR count). The number of benzene rings is 2. The van der Waals surface area contributed by atoms with Gasteiger partial charge in [0.1, 0.15) is 0 Å². The lowest BCUT2D eigenvalue weighted by Gasteiger charge is -2.20. The first kappa shape index (κ1) is 22.8. The van der Waals surface area contributed by atoms with Gasteiger partial charge in [-0.15, -0.1) is 11.8 Å². The normalized spacial score (nSPS) is 11.2. The van der Waals surface area contributed by atoms with Gasteiger partial charge >= 0.3 is 0 Å². The first-order valence-electron chi connectivity index (χ1n) is 10.5. The number of thiazole rings is 1. The maximum absolute atomic E-state index is 13.2. The van der Waals surface area contributed by atoms with E-state index in [1.165, 1.54) is 21.8 Å². The van der Waals surface area contributed by atoms with Crippen LogP contribution in [0.1, 0.15) is 24.0 Å². The molecule has 1 amide bonds. The minimum atomic E-state index is 0.0954. The Bertz CT molecular complexity index is 1190. The van der Waals surface area contributed by atoms with E-state index in [0.29, 0.717) is 18.0 Å². The Hall–Kier alpha value is -2.35. The third-order valence-electron chi connectivity index (χ3n) is 5.13. The molecule has 5 nitrogen and oxygen atoms in total. The van der Waals surface area contributed by atoms with E-state index in [-0.39, 0.29) is 5.91 Å². The van der Waals surface area contributed by atoms with Crippen LogP contribution in [0.2, 0.25) is 5.02 Å². The standard InChI is InChI=1S/C24H25ClN4OS2/c1-17-4-6-20(7-5-17)31-13-8-22(30)29(11-3-10-28-12-9-26-16-28)24-27-23-18(2)14-19(25)15-21(23)32-24/h4-7,9,12,14-16H,3,8,10-11,13H2,1-2H3. The molecule has 0 spiro atoms. The number of fused-ring (bicyclic) bond motifs is 1. The Labute approximate surface area is 201 Å². The third kappa shape index (κ3) is 5.71. The number of aromatic nitrogens is 3. The summed E-state index contributed by atoms with van der Waals surface area (Å²) in [5, 5.41) is 1.43. The number of rotatable bonds is 9. The molecule has 0 atom stereocenters. The predicted octanol–water partition coefficient (Wildman–Crippen LogP) is 6.37. The highest BCUT2D eigenvalue weighted by Gasteiger charge is 2.20. The number of amides is 1. The number of halogens is 1. The topological polar surface area (TPSA) is 51.0 Å². The lowest BCUT2D eigenvalue weighted by atomic mass is 10.2. The van der Waals surface area contributed by atoms with Crippen LogP contribution >= 0.6 is 34.7 Å². The van der Waals surface area contributed by atoms with Gasteiger partial charge in [-0.05, 0) is 50.1 Å². The molecule has 0 saturated heterocycles. The lowest BCUT2D eigenvalue weighted by Crippen LogP contribution is -2.32. The molecule has 0 aliphatic carbocycles. The summed E-state index contributed by atoms with van der Waals surface area (Å²) >= 11 is 9.47. The van der Waals surface area contributed by atoms with E-state index in [2.05, 4.69) is 36.2 Å². The molecule has 0 aliphatic rings. The van der Waals surface area contributed by atoms with Crippen molar-refractivity contribution in [3.05, 3.63) is 71.3 Å². The summed E-state index contributed by atoms with van der Waals surface area (Å²) in [5.74, 6) is 0.827. The summed E-state index contributed by atoms with van der Waals surface area (Å²) in [6.07, 6.45) is 6.79. The Morgan fingerprint density at radius 2 is 2.03 bits per heavy atom. The molecule has 0 saturated carbocycles. The van der Waals surface area contributed by atoms with Gasteiger partial charge in [-0.3, -0.25) is 9.69 Å². The fourth-order valence-electron chi connectivity index (χ4n) is 3.44. The molecule has 0 aliphatic heterocycles. The predicted molar refractivity (Wildman–Crippen MR) is 135 cm³/mol. The van der Waals surface area contributed by atoms with Crippen molar-refractivity contribution in [1.82, 2.24) is 14.5 Å². The maximum atomic E-state index is 13.2. The van der Waals surface area contributed by atoms with Crippen LogP contribution in [0.4, 0.5) is 5.13 Å². The second kappa shape index (κ2) is 10.5. The molecule has 4 aromatic rings. The van der Waals surface area contributed by atoms with Crippen molar-refractivity contribution in [1.29, 1.82) is 0 Å². The fraction of sp³-hybridized carbons (Fsp3) is 0.292. The van der Waals surface area contributed by atoms with E-state index >= 15 is 0 Å². The number of carbonyl (C=O) groups is 1. The van der Waals surface area contributed by atoms with Crippen LogP contribution in [-0.4, -0.2) is 32.7 Å². The highest BCUT2D eigenvalue weighted by atomic mass is 35.5. The Balaban J connectivity index is 1.48. The SMILES string of the molecule is Cc1ccc(SCCC(=O)N(CCCn2ccnc2)c2nc3c(C)cc(Cl)cc3s2)cc1. The van der Waals surface area contributed by atoms with Gasteiger partial charge in [-0.1, -0.05) is 40.6 Å². The summed E-state index contributed by atoms with van der Waals surface area (Å²) in [4.78, 5) is 25.2. The zero-order valence-corrected chi connectivity index (χ0v) is 20.5. The van der Waals surface area contributed by atoms with Gasteiger partial charge in [0.25, 0.3) is 0 Å². The number of imidazole rings is 1. The number of anilines is 1. The van der Waals surface area contributed by atoms with E-state index in [1.54, 1.807) is 24.3 Å². The first-order valence-corrected chi connectivity index (χ1v) is 12.7. The summed E-state index contributed by atoms with van der Waals surface area (Å²) < 4.78 is 3.03. The number of hydrogen-bond acceptors (Lipinski definition) is 5. The van der Waals surface area contributed by atoms with Gasteiger partial charge < -0.3 is 4.57 Å². The molecule has 8 heteroatoms. The number of carbonyl (C=O) groups excluding carboxylic acids is 1. The first-order chi connectivity index (χ1) is 15.5. The smallest absolute Gasteiger partial charge is 0.229 e. The van der Waals surface area contributed by atoms with Crippen molar-refractivity contribution in [3.63, 3.8) is 0 Å². The zero-order chi connectivity index (χ0) is 22.5. The Kier molecular flexibility index (Phi) is 7.50. The monoisotopic (exact) mass is 484 g/mol. The second-order valence-corrected chi connectivity index (χ2v) is 10.3. The largest absolute Gasteiger partial charge is 0.337 e. The van der Waals surface area contributed by atoms with Gasteiger partial charge in [0.15, 0.2) is 5.13 Å². The van der Waals surface area contributed by atoms with Crippen molar-refractivity contribution in [2.75, 3.05) is 17.2 Å². The molecule has 2 aromatic carbocycles. The lowest BCUT2D eigenvalue weighted by molar-refractivity contribution is -0.118. The Morgan fingerprint density at radius 1 is 1.22 bits per heavy atom. The number of thioether (sulfide) groups is 1. The highest BCUT2D eigenvalue weighted by molar-refractivity contribution is 7.99. The maximum Gasteiger partial charge on any atom is 0.229 e. The summed E-state index contributed by atoms with van der Waals surface area (Å²) in [7, 11) is 0. The minimum absolute atomic E-state index is 0.0954. The highest BCUT2D eigenvalue weighted by Crippen LogP contribution is 2.33. The van der Waals surface area contributed by atoms with Crippen molar-refractivity contribution in [2.45, 2.75) is 38.1 Å². The van der Waals surface area contributed by atoms with Crippen molar-refractivity contribution >= 4 is 56.0 Å². The molecule has 0 bridgehead atoms. The van der Waals surface area contributed by atoms with Gasteiger partial charge in [0.2, 0.25) is 5.91 Å². The molecule has 2 aromatic heterocycles. The van der Waals surface area contributed by atoms with Crippen molar-refractivity contribution in [3.8, 4) is 0 Å². The molecule has 0 fully saturated rings. The number of hydrogen-bond donors (Lipinski definition) is 0. The van der Waals surface area contributed by atoms with Crippen LogP contribution in [0.5, 0.6) is 0 Å². The average Bonchev–Trinajstić information content (AvgIpc) is 3.42. The molecule has 32 heavy (non-hydrogen) atoms. The third-order valence-corrected chi connectivity index (χ3v) is 7.39. The molecule has 2 heterocycles. The number of aryl methyl sites for hydroxylation is 3. The van der Waals surface area contributed by atoms with E-state index < -0.39 is 0 Å². The van der Waals surface area contributed by atoms with Crippen LogP contribution in [0.3, 0.4) is 0 Å². The van der Waals surface area contributed by atoms with Crippen LogP contribution in [0, 0.1) is 13.8 Å². The minimum Gasteiger partial charge on any atom is -0.337 e. The van der Waals surface area contributed by atoms with Gasteiger partial charge in [0.05, 0.1) is 16.5 Å². The molecular formula is C24H25ClN4OS2. The molecule has 0 unspecified atom stereocenters. The molecular weight excluding hydrogens is 460 g/mol.